The Morgan fingerprint density at radius 1 is 1.39 bits per heavy atom. The van der Waals surface area contributed by atoms with Gasteiger partial charge in [-0.25, -0.2) is 0 Å². The molecule has 1 atom stereocenters. The molecule has 1 unspecified atom stereocenters. The van der Waals surface area contributed by atoms with Gasteiger partial charge in [-0.2, -0.15) is 0 Å². The minimum absolute atomic E-state index is 0.00330. The number of rotatable bonds is 7. The van der Waals surface area contributed by atoms with E-state index in [-0.39, 0.29) is 17.8 Å². The van der Waals surface area contributed by atoms with Gasteiger partial charge >= 0.3 is 0 Å². The Morgan fingerprint density at radius 3 is 2.81 bits per heavy atom. The minimum atomic E-state index is -0.00330. The van der Waals surface area contributed by atoms with Crippen LogP contribution < -0.4 is 16.0 Å². The van der Waals surface area contributed by atoms with Crippen molar-refractivity contribution < 1.29 is 9.53 Å². The number of amides is 1. The number of benzene rings is 1. The lowest BCUT2D eigenvalue weighted by Gasteiger charge is -2.32. The molecule has 3 rings (SSSR count). The Morgan fingerprint density at radius 2 is 2.19 bits per heavy atom. The summed E-state index contributed by atoms with van der Waals surface area (Å²) in [4.78, 5) is 13.7. The molecule has 0 bridgehead atoms. The molecular weight excluding hydrogens is 416 g/mol. The molecule has 0 saturated carbocycles. The zero-order valence-corrected chi connectivity index (χ0v) is 18.6. The van der Waals surface area contributed by atoms with Gasteiger partial charge in [0, 0.05) is 74.1 Å². The molecule has 1 aromatic rings. The van der Waals surface area contributed by atoms with Crippen LogP contribution in [0.15, 0.2) is 35.7 Å². The summed E-state index contributed by atoms with van der Waals surface area (Å²) in [5.41, 5.74) is 3.81. The average molecular weight is 445 g/mol. The molecule has 1 amide bonds. The van der Waals surface area contributed by atoms with E-state index >= 15 is 0 Å². The molecule has 2 aliphatic rings. The van der Waals surface area contributed by atoms with Crippen LogP contribution in [0.3, 0.4) is 0 Å². The van der Waals surface area contributed by atoms with Crippen molar-refractivity contribution in [2.75, 3.05) is 38.7 Å². The summed E-state index contributed by atoms with van der Waals surface area (Å²) in [7, 11) is 1.76. The lowest BCUT2D eigenvalue weighted by molar-refractivity contribution is -0.128. The number of anilines is 1. The predicted molar refractivity (Wildman–Crippen MR) is 125 cm³/mol. The number of carbonyl (C=O) groups is 1. The number of hydrogen-bond donors (Lipinski definition) is 5. The first-order valence-electron chi connectivity index (χ1n) is 10.3. The molecule has 2 heterocycles. The maximum Gasteiger partial charge on any atom is 0.219 e. The van der Waals surface area contributed by atoms with Gasteiger partial charge in [-0.05, 0) is 18.6 Å². The third-order valence-corrected chi connectivity index (χ3v) is 5.72. The summed E-state index contributed by atoms with van der Waals surface area (Å²) in [5.74, 6) is 0.227. The zero-order valence-electron chi connectivity index (χ0n) is 17.8. The van der Waals surface area contributed by atoms with E-state index in [0.717, 1.165) is 29.9 Å². The first kappa shape index (κ1) is 22.8. The molecule has 0 aromatic heterocycles. The molecule has 9 heteroatoms. The summed E-state index contributed by atoms with van der Waals surface area (Å²) in [5, 5.41) is 26.3. The number of ether oxygens (including phenoxy) is 1. The molecule has 166 valence electrons. The van der Waals surface area contributed by atoms with E-state index in [2.05, 4.69) is 16.0 Å². The van der Waals surface area contributed by atoms with Crippen LogP contribution in [0, 0.1) is 10.8 Å². The number of nitrogens with one attached hydrogen (secondary N) is 5. The summed E-state index contributed by atoms with van der Waals surface area (Å²) in [6.07, 6.45) is 4.55. The Kier molecular flexibility index (Phi) is 7.70. The first-order chi connectivity index (χ1) is 14.9. The fraction of sp³-hybridized carbons (Fsp3) is 0.409. The van der Waals surface area contributed by atoms with Crippen LogP contribution in [0.5, 0.6) is 0 Å². The molecule has 31 heavy (non-hydrogen) atoms. The van der Waals surface area contributed by atoms with Crippen molar-refractivity contribution in [3.05, 3.63) is 46.3 Å². The molecule has 1 fully saturated rings. The summed E-state index contributed by atoms with van der Waals surface area (Å²) in [6, 6.07) is 5.61. The van der Waals surface area contributed by atoms with Crippen LogP contribution in [0.1, 0.15) is 25.3 Å². The number of nitrogens with zero attached hydrogens (tertiary/aromatic N) is 1. The lowest BCUT2D eigenvalue weighted by atomic mass is 10.0. The van der Waals surface area contributed by atoms with Crippen LogP contribution in [0.25, 0.3) is 5.57 Å². The van der Waals surface area contributed by atoms with Crippen molar-refractivity contribution in [1.82, 2.24) is 15.5 Å². The van der Waals surface area contributed by atoms with Gasteiger partial charge in [0.2, 0.25) is 5.91 Å². The number of hydrogen-bond acceptors (Lipinski definition) is 6. The molecular formula is C22H29ClN6O2. The van der Waals surface area contributed by atoms with E-state index in [4.69, 9.17) is 27.2 Å². The SMILES string of the molecule is CN/C=C(\C=N)c1ccc(NC(=N)C2=C(NC3CCOC3)CCN(C(C)=O)C2)cc1Cl. The molecule has 1 aromatic carbocycles. The third kappa shape index (κ3) is 5.65. The van der Waals surface area contributed by atoms with Crippen molar-refractivity contribution in [1.29, 1.82) is 10.8 Å². The molecule has 2 aliphatic heterocycles. The maximum absolute atomic E-state index is 11.9. The van der Waals surface area contributed by atoms with Crippen molar-refractivity contribution in [3.8, 4) is 0 Å². The fourth-order valence-corrected chi connectivity index (χ4v) is 4.00. The van der Waals surface area contributed by atoms with Gasteiger partial charge in [-0.15, -0.1) is 0 Å². The topological polar surface area (TPSA) is 113 Å². The molecule has 0 spiro atoms. The normalized spacial score (nSPS) is 19.3. The standard InChI is InChI=1S/C22H29ClN6O2/c1-14(30)29-7-5-21(27-17-6-8-31-13-17)19(12-29)22(25)28-16-3-4-18(20(23)9-16)15(10-24)11-26-2/h3-4,9-11,17,24,26-27H,5-8,12-13H2,1-2H3,(H2,25,28)/b15-11+,24-10?. The van der Waals surface area contributed by atoms with Gasteiger partial charge in [-0.1, -0.05) is 17.7 Å². The second kappa shape index (κ2) is 10.5. The lowest BCUT2D eigenvalue weighted by Crippen LogP contribution is -2.42. The van der Waals surface area contributed by atoms with Crippen molar-refractivity contribution in [2.45, 2.75) is 25.8 Å². The van der Waals surface area contributed by atoms with E-state index < -0.39 is 0 Å². The average Bonchev–Trinajstić information content (AvgIpc) is 3.25. The van der Waals surface area contributed by atoms with E-state index in [1.807, 2.05) is 12.1 Å². The summed E-state index contributed by atoms with van der Waals surface area (Å²) >= 11 is 6.44. The van der Waals surface area contributed by atoms with E-state index in [9.17, 15) is 4.79 Å². The van der Waals surface area contributed by atoms with Gasteiger partial charge < -0.3 is 31.0 Å². The monoisotopic (exact) mass is 444 g/mol. The number of allylic oxidation sites excluding steroid dienone is 1. The predicted octanol–water partition coefficient (Wildman–Crippen LogP) is 2.82. The highest BCUT2D eigenvalue weighted by atomic mass is 35.5. The van der Waals surface area contributed by atoms with Crippen molar-refractivity contribution >= 4 is 40.8 Å². The quantitative estimate of drug-likeness (QED) is 0.328. The van der Waals surface area contributed by atoms with E-state index in [0.29, 0.717) is 42.4 Å². The van der Waals surface area contributed by atoms with E-state index in [1.54, 1.807) is 31.1 Å². The number of carbonyl (C=O) groups excluding carboxylic acids is 1. The highest BCUT2D eigenvalue weighted by Gasteiger charge is 2.26. The van der Waals surface area contributed by atoms with Crippen molar-refractivity contribution in [2.24, 2.45) is 0 Å². The molecule has 5 N–H and O–H groups in total. The second-order valence-electron chi connectivity index (χ2n) is 7.58. The molecule has 0 radical (unpaired) electrons. The van der Waals surface area contributed by atoms with Crippen LogP contribution in [-0.4, -0.2) is 62.3 Å². The van der Waals surface area contributed by atoms with Crippen LogP contribution in [0.4, 0.5) is 5.69 Å². The Balaban J connectivity index is 1.81. The Labute approximate surface area is 187 Å². The van der Waals surface area contributed by atoms with Gasteiger partial charge in [0.05, 0.1) is 24.2 Å². The molecule has 8 nitrogen and oxygen atoms in total. The number of amidine groups is 1. The molecule has 1 saturated heterocycles. The largest absolute Gasteiger partial charge is 0.393 e. The smallest absolute Gasteiger partial charge is 0.219 e. The van der Waals surface area contributed by atoms with Crippen LogP contribution in [-0.2, 0) is 9.53 Å². The summed E-state index contributed by atoms with van der Waals surface area (Å²) < 4.78 is 5.46. The summed E-state index contributed by atoms with van der Waals surface area (Å²) in [6.45, 7) is 3.95. The van der Waals surface area contributed by atoms with Gasteiger partial charge in [0.1, 0.15) is 5.84 Å². The highest BCUT2D eigenvalue weighted by molar-refractivity contribution is 6.34. The Hall–Kier alpha value is -2.84. The van der Waals surface area contributed by atoms with Gasteiger partial charge in [-0.3, -0.25) is 10.2 Å². The van der Waals surface area contributed by atoms with Gasteiger partial charge in [0.15, 0.2) is 0 Å². The molecule has 0 aliphatic carbocycles. The van der Waals surface area contributed by atoms with Crippen molar-refractivity contribution in [3.63, 3.8) is 0 Å². The fourth-order valence-electron chi connectivity index (χ4n) is 3.72. The zero-order chi connectivity index (χ0) is 22.4. The van der Waals surface area contributed by atoms with Crippen LogP contribution >= 0.6 is 11.6 Å². The van der Waals surface area contributed by atoms with E-state index in [1.165, 1.54) is 6.21 Å². The first-order valence-corrected chi connectivity index (χ1v) is 10.7. The van der Waals surface area contributed by atoms with Crippen LogP contribution in [0.2, 0.25) is 5.02 Å². The maximum atomic E-state index is 11.9. The third-order valence-electron chi connectivity index (χ3n) is 5.40. The highest BCUT2D eigenvalue weighted by Crippen LogP contribution is 2.27. The van der Waals surface area contributed by atoms with Gasteiger partial charge in [0.25, 0.3) is 0 Å². The number of halogens is 1. The minimum Gasteiger partial charge on any atom is -0.393 e. The Bertz CT molecular complexity index is 921. The second-order valence-corrected chi connectivity index (χ2v) is 7.99.